The van der Waals surface area contributed by atoms with E-state index in [1.54, 1.807) is 0 Å². The molecule has 0 aliphatic carbocycles. The number of carbonyl (C=O) groups excluding carboxylic acids is 1. The average molecular weight is 295 g/mol. The maximum absolute atomic E-state index is 13.6. The van der Waals surface area contributed by atoms with Crippen molar-refractivity contribution in [2.24, 2.45) is 0 Å². The summed E-state index contributed by atoms with van der Waals surface area (Å²) in [5, 5.41) is 5.87. The van der Waals surface area contributed by atoms with E-state index in [0.29, 0.717) is 18.9 Å². The summed E-state index contributed by atoms with van der Waals surface area (Å²) in [4.78, 5) is 21.7. The van der Waals surface area contributed by atoms with Crippen molar-refractivity contribution in [1.82, 2.24) is 14.9 Å². The molecular weight excluding hydrogens is 273 g/mol. The molecule has 1 aromatic rings. The second-order valence-corrected chi connectivity index (χ2v) is 5.08. The lowest BCUT2D eigenvalue weighted by Crippen LogP contribution is -2.29. The minimum absolute atomic E-state index is 0.110. The number of carbonyl (C=O) groups is 1. The van der Waals surface area contributed by atoms with Gasteiger partial charge in [-0.3, -0.25) is 4.79 Å². The monoisotopic (exact) mass is 295 g/mol. The first-order valence-electron chi connectivity index (χ1n) is 7.48. The number of likely N-dealkylation sites (tertiary alicyclic amines) is 1. The number of aromatic nitrogens is 2. The average Bonchev–Trinajstić information content (AvgIpc) is 3.02. The maximum atomic E-state index is 13.6. The molecule has 1 saturated heterocycles. The zero-order valence-electron chi connectivity index (χ0n) is 12.4. The molecule has 7 heteroatoms. The molecule has 1 amide bonds. The molecule has 0 atom stereocenters. The van der Waals surface area contributed by atoms with Crippen LogP contribution in [0, 0.1) is 5.82 Å². The molecule has 1 fully saturated rings. The van der Waals surface area contributed by atoms with Crippen LogP contribution in [0.25, 0.3) is 0 Å². The SMILES string of the molecule is CCCNc1ncc(F)c(NCCC(=O)N2CCCC2)n1. The summed E-state index contributed by atoms with van der Waals surface area (Å²) in [6, 6.07) is 0. The molecule has 116 valence electrons. The summed E-state index contributed by atoms with van der Waals surface area (Å²) in [6.07, 6.45) is 4.57. The van der Waals surface area contributed by atoms with Crippen molar-refractivity contribution in [3.8, 4) is 0 Å². The minimum atomic E-state index is -0.509. The van der Waals surface area contributed by atoms with Gasteiger partial charge < -0.3 is 15.5 Å². The molecule has 0 spiro atoms. The van der Waals surface area contributed by atoms with E-state index in [1.807, 2.05) is 11.8 Å². The molecular formula is C14H22FN5O. The quantitative estimate of drug-likeness (QED) is 0.803. The third kappa shape index (κ3) is 4.54. The van der Waals surface area contributed by atoms with E-state index in [9.17, 15) is 9.18 Å². The maximum Gasteiger partial charge on any atom is 0.224 e. The van der Waals surface area contributed by atoms with Crippen molar-refractivity contribution in [2.75, 3.05) is 36.8 Å². The molecule has 0 unspecified atom stereocenters. The van der Waals surface area contributed by atoms with Gasteiger partial charge in [-0.25, -0.2) is 9.37 Å². The minimum Gasteiger partial charge on any atom is -0.367 e. The first kappa shape index (κ1) is 15.5. The van der Waals surface area contributed by atoms with Crippen molar-refractivity contribution < 1.29 is 9.18 Å². The summed E-state index contributed by atoms with van der Waals surface area (Å²) in [5.41, 5.74) is 0. The van der Waals surface area contributed by atoms with E-state index in [-0.39, 0.29) is 11.7 Å². The van der Waals surface area contributed by atoms with E-state index >= 15 is 0 Å². The van der Waals surface area contributed by atoms with Crippen molar-refractivity contribution in [1.29, 1.82) is 0 Å². The van der Waals surface area contributed by atoms with Gasteiger partial charge in [-0.2, -0.15) is 4.98 Å². The number of anilines is 2. The molecule has 21 heavy (non-hydrogen) atoms. The zero-order valence-corrected chi connectivity index (χ0v) is 12.4. The molecule has 2 rings (SSSR count). The van der Waals surface area contributed by atoms with Gasteiger partial charge in [0.1, 0.15) is 0 Å². The van der Waals surface area contributed by atoms with Gasteiger partial charge in [0.25, 0.3) is 0 Å². The Balaban J connectivity index is 1.82. The smallest absolute Gasteiger partial charge is 0.224 e. The molecule has 2 N–H and O–H groups in total. The Labute approximate surface area is 124 Å². The van der Waals surface area contributed by atoms with Crippen LogP contribution in [0.3, 0.4) is 0 Å². The predicted molar refractivity (Wildman–Crippen MR) is 79.7 cm³/mol. The lowest BCUT2D eigenvalue weighted by Gasteiger charge is -2.15. The van der Waals surface area contributed by atoms with Crippen LogP contribution in [-0.4, -0.2) is 47.0 Å². The van der Waals surface area contributed by atoms with Crippen LogP contribution in [0.5, 0.6) is 0 Å². The topological polar surface area (TPSA) is 70.2 Å². The largest absolute Gasteiger partial charge is 0.367 e. The van der Waals surface area contributed by atoms with Gasteiger partial charge in [0.05, 0.1) is 6.20 Å². The number of amides is 1. The third-order valence-corrected chi connectivity index (χ3v) is 3.37. The van der Waals surface area contributed by atoms with Crippen molar-refractivity contribution >= 4 is 17.7 Å². The third-order valence-electron chi connectivity index (χ3n) is 3.37. The van der Waals surface area contributed by atoms with Gasteiger partial charge in [0.15, 0.2) is 11.6 Å². The Bertz CT molecular complexity index is 476. The Morgan fingerprint density at radius 1 is 1.33 bits per heavy atom. The molecule has 6 nitrogen and oxygen atoms in total. The van der Waals surface area contributed by atoms with Crippen LogP contribution in [0.1, 0.15) is 32.6 Å². The van der Waals surface area contributed by atoms with Crippen molar-refractivity contribution in [3.63, 3.8) is 0 Å². The molecule has 1 aromatic heterocycles. The lowest BCUT2D eigenvalue weighted by atomic mass is 10.3. The summed E-state index contributed by atoms with van der Waals surface area (Å²) in [6.45, 7) is 4.81. The number of nitrogens with zero attached hydrogens (tertiary/aromatic N) is 3. The highest BCUT2D eigenvalue weighted by atomic mass is 19.1. The zero-order chi connectivity index (χ0) is 15.1. The van der Waals surface area contributed by atoms with E-state index in [2.05, 4.69) is 20.6 Å². The molecule has 0 radical (unpaired) electrons. The highest BCUT2D eigenvalue weighted by Crippen LogP contribution is 2.13. The number of rotatable bonds is 7. The molecule has 0 bridgehead atoms. The molecule has 0 aromatic carbocycles. The molecule has 2 heterocycles. The summed E-state index contributed by atoms with van der Waals surface area (Å²) in [7, 11) is 0. The van der Waals surface area contributed by atoms with E-state index in [1.165, 1.54) is 0 Å². The first-order chi connectivity index (χ1) is 10.2. The number of halogens is 1. The van der Waals surface area contributed by atoms with Gasteiger partial charge >= 0.3 is 0 Å². The van der Waals surface area contributed by atoms with Gasteiger partial charge in [-0.15, -0.1) is 0 Å². The fourth-order valence-electron chi connectivity index (χ4n) is 2.23. The standard InChI is InChI=1S/C14H22FN5O/c1-2-6-17-14-18-10-11(15)13(19-14)16-7-5-12(21)20-8-3-4-9-20/h10H,2-9H2,1H3,(H2,16,17,18,19). The number of hydrogen-bond donors (Lipinski definition) is 2. The summed E-state index contributed by atoms with van der Waals surface area (Å²) >= 11 is 0. The van der Waals surface area contributed by atoms with E-state index in [0.717, 1.165) is 45.1 Å². The van der Waals surface area contributed by atoms with Crippen molar-refractivity contribution in [2.45, 2.75) is 32.6 Å². The van der Waals surface area contributed by atoms with Crippen molar-refractivity contribution in [3.05, 3.63) is 12.0 Å². The van der Waals surface area contributed by atoms with Crippen LogP contribution in [0.15, 0.2) is 6.20 Å². The molecule has 1 aliphatic heterocycles. The second-order valence-electron chi connectivity index (χ2n) is 5.08. The summed E-state index contributed by atoms with van der Waals surface area (Å²) < 4.78 is 13.6. The van der Waals surface area contributed by atoms with Gasteiger partial charge in [0.2, 0.25) is 11.9 Å². The Kier molecular flexibility index (Phi) is 5.71. The van der Waals surface area contributed by atoms with Gasteiger partial charge in [-0.05, 0) is 19.3 Å². The highest BCUT2D eigenvalue weighted by Gasteiger charge is 2.17. The van der Waals surface area contributed by atoms with Gasteiger partial charge in [-0.1, -0.05) is 6.92 Å². The van der Waals surface area contributed by atoms with E-state index < -0.39 is 5.82 Å². The Hall–Kier alpha value is -1.92. The lowest BCUT2D eigenvalue weighted by molar-refractivity contribution is -0.129. The molecule has 0 saturated carbocycles. The van der Waals surface area contributed by atoms with Gasteiger partial charge in [0, 0.05) is 32.6 Å². The fraction of sp³-hybridized carbons (Fsp3) is 0.643. The van der Waals surface area contributed by atoms with Crippen LogP contribution in [0.2, 0.25) is 0 Å². The Morgan fingerprint density at radius 3 is 2.81 bits per heavy atom. The molecule has 1 aliphatic rings. The fourth-order valence-corrected chi connectivity index (χ4v) is 2.23. The van der Waals surface area contributed by atoms with Crippen LogP contribution in [-0.2, 0) is 4.79 Å². The Morgan fingerprint density at radius 2 is 2.10 bits per heavy atom. The first-order valence-corrected chi connectivity index (χ1v) is 7.48. The predicted octanol–water partition coefficient (Wildman–Crippen LogP) is 1.86. The number of nitrogens with one attached hydrogen (secondary N) is 2. The van der Waals surface area contributed by atoms with Crippen LogP contribution >= 0.6 is 0 Å². The van der Waals surface area contributed by atoms with Crippen LogP contribution < -0.4 is 10.6 Å². The van der Waals surface area contributed by atoms with Crippen LogP contribution in [0.4, 0.5) is 16.2 Å². The van der Waals surface area contributed by atoms with E-state index in [4.69, 9.17) is 0 Å². The number of hydrogen-bond acceptors (Lipinski definition) is 5. The summed E-state index contributed by atoms with van der Waals surface area (Å²) in [5.74, 6) is 0.133. The second kappa shape index (κ2) is 7.75. The normalized spacial score (nSPS) is 14.3. The highest BCUT2D eigenvalue weighted by molar-refractivity contribution is 5.76.